The number of rotatable bonds is 5. The summed E-state index contributed by atoms with van der Waals surface area (Å²) < 4.78 is 41.0. The Morgan fingerprint density at radius 1 is 0.838 bits per heavy atom. The average Bonchev–Trinajstić information content (AvgIpc) is 2.85. The van der Waals surface area contributed by atoms with Crippen molar-refractivity contribution >= 4 is 23.8 Å². The zero-order valence-electron chi connectivity index (χ0n) is 20.9. The maximum absolute atomic E-state index is 13.8. The highest BCUT2D eigenvalue weighted by atomic mass is 19.2. The maximum atomic E-state index is 13.8. The van der Waals surface area contributed by atoms with Crippen LogP contribution in [0.1, 0.15) is 32.6 Å². The predicted octanol–water partition coefficient (Wildman–Crippen LogP) is 5.67. The number of aryl methyl sites for hydroxylation is 1. The first-order valence-corrected chi connectivity index (χ1v) is 11.8. The quantitative estimate of drug-likeness (QED) is 0.421. The molecule has 0 aliphatic carbocycles. The molecule has 0 spiro atoms. The molecule has 3 aromatic rings. The monoisotopic (exact) mass is 504 g/mol. The summed E-state index contributed by atoms with van der Waals surface area (Å²) in [6.45, 7) is 2.43. The minimum Gasteiger partial charge on any atom is -0.330 e. The van der Waals surface area contributed by atoms with E-state index < -0.39 is 11.6 Å². The predicted molar refractivity (Wildman–Crippen MR) is 138 cm³/mol. The average molecular weight is 505 g/mol. The van der Waals surface area contributed by atoms with Gasteiger partial charge < -0.3 is 9.80 Å². The molecular weight excluding hydrogens is 477 g/mol. The van der Waals surface area contributed by atoms with Crippen molar-refractivity contribution in [3.63, 3.8) is 0 Å². The molecule has 190 valence electrons. The number of halogens is 3. The summed E-state index contributed by atoms with van der Waals surface area (Å²) in [4.78, 5) is 30.4. The van der Waals surface area contributed by atoms with Gasteiger partial charge in [0.2, 0.25) is 0 Å². The number of nitrogens with zero attached hydrogens (tertiary/aromatic N) is 2. The second-order valence-electron chi connectivity index (χ2n) is 9.45. The van der Waals surface area contributed by atoms with Crippen LogP contribution in [0.15, 0.2) is 71.8 Å². The molecule has 1 aliphatic rings. The number of ketones is 1. The molecule has 1 saturated heterocycles. The first-order valence-electron chi connectivity index (χ1n) is 11.8. The molecule has 4 rings (SSSR count). The van der Waals surface area contributed by atoms with Crippen LogP contribution in [-0.2, 0) is 11.3 Å². The van der Waals surface area contributed by atoms with E-state index in [0.29, 0.717) is 27.8 Å². The van der Waals surface area contributed by atoms with Crippen molar-refractivity contribution in [1.29, 1.82) is 0 Å². The number of carbonyl (C=O) groups is 2. The van der Waals surface area contributed by atoms with Crippen LogP contribution in [0.3, 0.4) is 0 Å². The van der Waals surface area contributed by atoms with Gasteiger partial charge in [-0.05, 0) is 91.8 Å². The second kappa shape index (κ2) is 11.0. The summed E-state index contributed by atoms with van der Waals surface area (Å²) >= 11 is 0. The first-order chi connectivity index (χ1) is 17.6. The molecule has 0 bridgehead atoms. The molecule has 1 amide bonds. The smallest absolute Gasteiger partial charge is 0.254 e. The van der Waals surface area contributed by atoms with Crippen LogP contribution < -0.4 is 0 Å². The summed E-state index contributed by atoms with van der Waals surface area (Å²) in [6, 6.07) is 15.2. The summed E-state index contributed by atoms with van der Waals surface area (Å²) in [5.74, 6) is -2.94. The molecule has 7 heteroatoms. The number of piperidine rings is 1. The van der Waals surface area contributed by atoms with Crippen molar-refractivity contribution in [3.05, 3.63) is 117 Å². The Hall–Kier alpha value is -3.97. The topological polar surface area (TPSA) is 40.6 Å². The van der Waals surface area contributed by atoms with Gasteiger partial charge in [0.15, 0.2) is 17.4 Å². The number of amides is 1. The molecule has 0 saturated carbocycles. The Morgan fingerprint density at radius 2 is 1.41 bits per heavy atom. The fourth-order valence-electron chi connectivity index (χ4n) is 4.25. The fraction of sp³-hybridized carbons (Fsp3) is 0.200. The van der Waals surface area contributed by atoms with Crippen molar-refractivity contribution in [2.24, 2.45) is 0 Å². The number of hydrogen-bond donors (Lipinski definition) is 0. The van der Waals surface area contributed by atoms with Gasteiger partial charge >= 0.3 is 0 Å². The molecule has 4 nitrogen and oxygen atoms in total. The minimum atomic E-state index is -1.03. The van der Waals surface area contributed by atoms with Crippen LogP contribution >= 0.6 is 0 Å². The van der Waals surface area contributed by atoms with E-state index in [2.05, 4.69) is 0 Å². The van der Waals surface area contributed by atoms with Gasteiger partial charge in [0.1, 0.15) is 5.82 Å². The van der Waals surface area contributed by atoms with E-state index in [-0.39, 0.29) is 36.2 Å². The number of benzene rings is 3. The number of carbonyl (C=O) groups excluding carboxylic acids is 2. The highest BCUT2D eigenvalue weighted by Gasteiger charge is 2.30. The van der Waals surface area contributed by atoms with E-state index >= 15 is 0 Å². The first kappa shape index (κ1) is 26.1. The van der Waals surface area contributed by atoms with E-state index in [0.717, 1.165) is 24.2 Å². The molecule has 0 unspecified atom stereocenters. The fourth-order valence-corrected chi connectivity index (χ4v) is 4.25. The SMILES string of the molecule is Cc1cc(/C=C2\CN(C(=O)c3ccc(CN(C)C)cc3)C/C(=C\c3ccc(F)c(F)c3)C2=O)ccc1F. The van der Waals surface area contributed by atoms with Gasteiger partial charge in [-0.1, -0.05) is 24.3 Å². The van der Waals surface area contributed by atoms with Crippen LogP contribution in [0.2, 0.25) is 0 Å². The van der Waals surface area contributed by atoms with Crippen molar-refractivity contribution in [3.8, 4) is 0 Å². The molecule has 1 fully saturated rings. The van der Waals surface area contributed by atoms with Crippen LogP contribution in [0.5, 0.6) is 0 Å². The highest BCUT2D eigenvalue weighted by Crippen LogP contribution is 2.25. The van der Waals surface area contributed by atoms with Gasteiger partial charge in [-0.2, -0.15) is 0 Å². The van der Waals surface area contributed by atoms with Gasteiger partial charge in [0.05, 0.1) is 13.1 Å². The lowest BCUT2D eigenvalue weighted by Gasteiger charge is -2.30. The lowest BCUT2D eigenvalue weighted by atomic mass is 9.93. The zero-order valence-corrected chi connectivity index (χ0v) is 20.9. The van der Waals surface area contributed by atoms with Gasteiger partial charge in [-0.15, -0.1) is 0 Å². The van der Waals surface area contributed by atoms with E-state index in [1.807, 2.05) is 31.1 Å². The van der Waals surface area contributed by atoms with E-state index in [1.165, 1.54) is 23.1 Å². The highest BCUT2D eigenvalue weighted by molar-refractivity contribution is 6.15. The third kappa shape index (κ3) is 6.24. The van der Waals surface area contributed by atoms with E-state index in [4.69, 9.17) is 0 Å². The Bertz CT molecular complexity index is 1340. The normalized spacial score (nSPS) is 16.2. The van der Waals surface area contributed by atoms with Crippen molar-refractivity contribution < 1.29 is 22.8 Å². The van der Waals surface area contributed by atoms with Crippen molar-refractivity contribution in [2.75, 3.05) is 27.2 Å². The lowest BCUT2D eigenvalue weighted by Crippen LogP contribution is -2.41. The third-order valence-electron chi connectivity index (χ3n) is 6.10. The van der Waals surface area contributed by atoms with Gasteiger partial charge in [0.25, 0.3) is 5.91 Å². The largest absolute Gasteiger partial charge is 0.330 e. The molecule has 0 N–H and O–H groups in total. The van der Waals surface area contributed by atoms with Crippen LogP contribution in [0, 0.1) is 24.4 Å². The Balaban J connectivity index is 1.70. The van der Waals surface area contributed by atoms with E-state index in [1.54, 1.807) is 37.3 Å². The van der Waals surface area contributed by atoms with Crippen molar-refractivity contribution in [1.82, 2.24) is 9.80 Å². The lowest BCUT2D eigenvalue weighted by molar-refractivity contribution is -0.113. The van der Waals surface area contributed by atoms with Crippen LogP contribution in [0.4, 0.5) is 13.2 Å². The molecule has 0 aromatic heterocycles. The summed E-state index contributed by atoms with van der Waals surface area (Å²) in [6.07, 6.45) is 3.10. The Labute approximate surface area is 214 Å². The Morgan fingerprint density at radius 3 is 1.95 bits per heavy atom. The molecule has 0 radical (unpaired) electrons. The molecule has 1 aliphatic heterocycles. The standard InChI is InChI=1S/C30H27F3N2O2/c1-19-12-21(6-10-26(19)31)13-24-17-35(30(37)23-8-4-20(5-9-23)16-34(2)3)18-25(29(24)36)14-22-7-11-27(32)28(33)15-22/h4-15H,16-18H2,1-3H3/b24-13+,25-14+. The molecule has 37 heavy (non-hydrogen) atoms. The van der Waals surface area contributed by atoms with Crippen molar-refractivity contribution in [2.45, 2.75) is 13.5 Å². The third-order valence-corrected chi connectivity index (χ3v) is 6.10. The maximum Gasteiger partial charge on any atom is 0.254 e. The minimum absolute atomic E-state index is 0.00982. The second-order valence-corrected chi connectivity index (χ2v) is 9.45. The number of likely N-dealkylation sites (tertiary alicyclic amines) is 1. The van der Waals surface area contributed by atoms with Crippen LogP contribution in [-0.4, -0.2) is 48.7 Å². The zero-order chi connectivity index (χ0) is 26.7. The number of Topliss-reactive ketones (excluding diaryl/α,β-unsaturated/α-hetero) is 1. The molecule has 3 aromatic carbocycles. The van der Waals surface area contributed by atoms with Gasteiger partial charge in [-0.25, -0.2) is 13.2 Å². The van der Waals surface area contributed by atoms with Crippen LogP contribution in [0.25, 0.3) is 12.2 Å². The van der Waals surface area contributed by atoms with E-state index in [9.17, 15) is 22.8 Å². The summed E-state index contributed by atoms with van der Waals surface area (Å²) in [7, 11) is 3.92. The van der Waals surface area contributed by atoms with Gasteiger partial charge in [-0.3, -0.25) is 9.59 Å². The Kier molecular flexibility index (Phi) is 7.74. The van der Waals surface area contributed by atoms with Gasteiger partial charge in [0, 0.05) is 23.3 Å². The summed E-state index contributed by atoms with van der Waals surface area (Å²) in [5.41, 5.74) is 3.49. The number of hydrogen-bond acceptors (Lipinski definition) is 3. The molecular formula is C30H27F3N2O2. The summed E-state index contributed by atoms with van der Waals surface area (Å²) in [5, 5.41) is 0. The molecule has 1 heterocycles. The molecule has 0 atom stereocenters.